The number of hydrogen-bond acceptors (Lipinski definition) is 6. The van der Waals surface area contributed by atoms with Crippen molar-refractivity contribution < 1.29 is 23.2 Å². The van der Waals surface area contributed by atoms with Gasteiger partial charge < -0.3 is 20.9 Å². The van der Waals surface area contributed by atoms with Gasteiger partial charge in [-0.1, -0.05) is 18.9 Å². The summed E-state index contributed by atoms with van der Waals surface area (Å²) in [4.78, 5) is 50.6. The van der Waals surface area contributed by atoms with Crippen LogP contribution >= 0.6 is 0 Å². The van der Waals surface area contributed by atoms with Crippen molar-refractivity contribution in [3.63, 3.8) is 0 Å². The Hall–Kier alpha value is -4.25. The van der Waals surface area contributed by atoms with E-state index in [1.54, 1.807) is 25.4 Å². The number of aromatic nitrogens is 2. The Bertz CT molecular complexity index is 1640. The third kappa shape index (κ3) is 4.01. The maximum Gasteiger partial charge on any atom is 0.245 e. The SMILES string of the molecule is CC1(c2cc(F)cc(F)c2)CNC2(CCCC2)C(=O)N1CC(=O)Nc1cc2c(cn1)CC1(C2)C(=O)Nc2ncccc21. The molecular formula is C31H30F2N6O3. The first kappa shape index (κ1) is 26.6. The van der Waals surface area contributed by atoms with Gasteiger partial charge in [0.1, 0.15) is 29.8 Å². The Morgan fingerprint density at radius 3 is 2.55 bits per heavy atom. The van der Waals surface area contributed by atoms with E-state index in [9.17, 15) is 23.2 Å². The van der Waals surface area contributed by atoms with E-state index in [-0.39, 0.29) is 30.5 Å². The van der Waals surface area contributed by atoms with Crippen LogP contribution in [0.5, 0.6) is 0 Å². The highest BCUT2D eigenvalue weighted by atomic mass is 19.1. The van der Waals surface area contributed by atoms with Gasteiger partial charge in [0.2, 0.25) is 17.7 Å². The van der Waals surface area contributed by atoms with E-state index >= 15 is 0 Å². The molecule has 2 atom stereocenters. The fourth-order valence-corrected chi connectivity index (χ4v) is 7.28. The molecule has 1 saturated carbocycles. The summed E-state index contributed by atoms with van der Waals surface area (Å²) >= 11 is 0. The number of pyridine rings is 2. The zero-order valence-electron chi connectivity index (χ0n) is 23.1. The molecule has 2 unspecified atom stereocenters. The molecule has 11 heteroatoms. The van der Waals surface area contributed by atoms with Gasteiger partial charge in [0.05, 0.1) is 16.5 Å². The summed E-state index contributed by atoms with van der Waals surface area (Å²) in [6, 6.07) is 8.69. The summed E-state index contributed by atoms with van der Waals surface area (Å²) in [6.45, 7) is 1.64. The van der Waals surface area contributed by atoms with E-state index < -0.39 is 34.0 Å². The summed E-state index contributed by atoms with van der Waals surface area (Å²) in [7, 11) is 0. The van der Waals surface area contributed by atoms with Gasteiger partial charge in [-0.2, -0.15) is 0 Å². The van der Waals surface area contributed by atoms with Gasteiger partial charge in [-0.3, -0.25) is 14.4 Å². The topological polar surface area (TPSA) is 116 Å². The highest BCUT2D eigenvalue weighted by molar-refractivity contribution is 6.06. The average Bonchev–Trinajstić information content (AvgIpc) is 3.65. The second kappa shape index (κ2) is 9.38. The first-order chi connectivity index (χ1) is 20.1. The molecule has 3 amide bonds. The molecule has 2 aliphatic carbocycles. The van der Waals surface area contributed by atoms with Crippen molar-refractivity contribution in [3.8, 4) is 0 Å². The minimum Gasteiger partial charge on any atom is -0.321 e. The van der Waals surface area contributed by atoms with Crippen LogP contribution < -0.4 is 16.0 Å². The van der Waals surface area contributed by atoms with Crippen molar-refractivity contribution in [2.45, 2.75) is 61.9 Å². The molecule has 3 aromatic rings. The Morgan fingerprint density at radius 1 is 1.05 bits per heavy atom. The van der Waals surface area contributed by atoms with E-state index in [2.05, 4.69) is 25.9 Å². The number of amides is 3. The highest BCUT2D eigenvalue weighted by Gasteiger charge is 2.54. The van der Waals surface area contributed by atoms with Crippen LogP contribution in [0.4, 0.5) is 20.4 Å². The summed E-state index contributed by atoms with van der Waals surface area (Å²) in [5.74, 6) is -1.47. The molecule has 7 rings (SSSR count). The van der Waals surface area contributed by atoms with E-state index in [4.69, 9.17) is 0 Å². The molecule has 0 radical (unpaired) electrons. The summed E-state index contributed by atoms with van der Waals surface area (Å²) in [5.41, 5.74) is 0.214. The normalized spacial score (nSPS) is 25.5. The van der Waals surface area contributed by atoms with Gasteiger partial charge in [0.25, 0.3) is 0 Å². The first-order valence-corrected chi connectivity index (χ1v) is 14.2. The van der Waals surface area contributed by atoms with Crippen molar-refractivity contribution in [2.24, 2.45) is 0 Å². The van der Waals surface area contributed by atoms with Crippen molar-refractivity contribution in [2.75, 3.05) is 23.7 Å². The molecule has 1 aromatic carbocycles. The van der Waals surface area contributed by atoms with Crippen molar-refractivity contribution in [1.29, 1.82) is 0 Å². The second-order valence-electron chi connectivity index (χ2n) is 12.1. The van der Waals surface area contributed by atoms with Gasteiger partial charge in [0, 0.05) is 30.6 Å². The van der Waals surface area contributed by atoms with Crippen molar-refractivity contribution in [1.82, 2.24) is 20.2 Å². The molecule has 2 aliphatic heterocycles. The van der Waals surface area contributed by atoms with E-state index in [0.717, 1.165) is 35.6 Å². The summed E-state index contributed by atoms with van der Waals surface area (Å²) < 4.78 is 28.5. The van der Waals surface area contributed by atoms with Gasteiger partial charge in [-0.25, -0.2) is 18.7 Å². The lowest BCUT2D eigenvalue weighted by molar-refractivity contribution is -0.153. The number of nitrogens with one attached hydrogen (secondary N) is 3. The summed E-state index contributed by atoms with van der Waals surface area (Å²) in [5, 5.41) is 9.07. The Balaban J connectivity index is 1.14. The van der Waals surface area contributed by atoms with E-state index in [1.807, 2.05) is 12.1 Å². The highest BCUT2D eigenvalue weighted by Crippen LogP contribution is 2.47. The quantitative estimate of drug-likeness (QED) is 0.442. The van der Waals surface area contributed by atoms with Gasteiger partial charge in [-0.05, 0) is 73.6 Å². The maximum absolute atomic E-state index is 14.3. The number of rotatable bonds is 4. The predicted molar refractivity (Wildman–Crippen MR) is 149 cm³/mol. The molecule has 9 nitrogen and oxygen atoms in total. The zero-order valence-corrected chi connectivity index (χ0v) is 23.1. The lowest BCUT2D eigenvalue weighted by atomic mass is 9.79. The molecular weight excluding hydrogens is 542 g/mol. The Kier molecular flexibility index (Phi) is 5.95. The van der Waals surface area contributed by atoms with Crippen LogP contribution in [-0.4, -0.2) is 51.2 Å². The number of carbonyl (C=O) groups is 3. The monoisotopic (exact) mass is 572 g/mol. The minimum absolute atomic E-state index is 0.107. The Morgan fingerprint density at radius 2 is 1.79 bits per heavy atom. The van der Waals surface area contributed by atoms with Gasteiger partial charge in [0.15, 0.2) is 0 Å². The standard InChI is InChI=1S/C31H30F2N6O3/c1-29(20-10-21(32)12-22(33)11-20)17-36-31(6-2-3-7-31)28(42)39(29)16-25(40)37-24-9-18-13-30(14-19(18)15-35-24)23-5-4-8-34-26(23)38-27(30)41/h4-5,8-12,15,36H,2-3,6-7,13-14,16-17H2,1H3,(H,34,38,41)(H,35,37,40). The molecule has 3 N–H and O–H groups in total. The fourth-order valence-electron chi connectivity index (χ4n) is 7.28. The van der Waals surface area contributed by atoms with Crippen LogP contribution in [0.2, 0.25) is 0 Å². The minimum atomic E-state index is -1.17. The number of hydrogen-bond donors (Lipinski definition) is 3. The largest absolute Gasteiger partial charge is 0.321 e. The van der Waals surface area contributed by atoms with Crippen LogP contribution in [0.3, 0.4) is 0 Å². The molecule has 4 heterocycles. The number of benzene rings is 1. The van der Waals surface area contributed by atoms with E-state index in [1.165, 1.54) is 17.0 Å². The van der Waals surface area contributed by atoms with Gasteiger partial charge in [-0.15, -0.1) is 0 Å². The first-order valence-electron chi connectivity index (χ1n) is 14.2. The molecule has 2 aromatic heterocycles. The third-order valence-electron chi connectivity index (χ3n) is 9.59. The number of fused-ring (bicyclic) bond motifs is 3. The Labute approximate surface area is 241 Å². The smallest absolute Gasteiger partial charge is 0.245 e. The molecule has 1 saturated heterocycles. The lowest BCUT2D eigenvalue weighted by Gasteiger charge is -2.51. The van der Waals surface area contributed by atoms with Gasteiger partial charge >= 0.3 is 0 Å². The van der Waals surface area contributed by atoms with Crippen molar-refractivity contribution >= 4 is 29.4 Å². The number of anilines is 2. The van der Waals surface area contributed by atoms with E-state index in [0.29, 0.717) is 37.3 Å². The van der Waals surface area contributed by atoms with Crippen molar-refractivity contribution in [3.05, 3.63) is 82.7 Å². The number of nitrogens with zero attached hydrogens (tertiary/aromatic N) is 3. The molecule has 2 spiro atoms. The van der Waals surface area contributed by atoms with Crippen LogP contribution in [-0.2, 0) is 38.2 Å². The summed E-state index contributed by atoms with van der Waals surface area (Å²) in [6.07, 6.45) is 7.27. The molecule has 4 aliphatic rings. The van der Waals surface area contributed by atoms with Crippen LogP contribution in [0.1, 0.15) is 54.9 Å². The second-order valence-corrected chi connectivity index (χ2v) is 12.1. The van der Waals surface area contributed by atoms with Crippen LogP contribution in [0, 0.1) is 11.6 Å². The number of piperazine rings is 1. The molecule has 216 valence electrons. The average molecular weight is 573 g/mol. The van der Waals surface area contributed by atoms with Crippen LogP contribution in [0.25, 0.3) is 0 Å². The number of halogens is 2. The molecule has 42 heavy (non-hydrogen) atoms. The maximum atomic E-state index is 14.3. The number of carbonyl (C=O) groups excluding carboxylic acids is 3. The fraction of sp³-hybridized carbons (Fsp3) is 0.387. The molecule has 2 fully saturated rings. The van der Waals surface area contributed by atoms with Crippen LogP contribution in [0.15, 0.2) is 48.8 Å². The predicted octanol–water partition coefficient (Wildman–Crippen LogP) is 3.34. The zero-order chi connectivity index (χ0) is 29.3. The lowest BCUT2D eigenvalue weighted by Crippen LogP contribution is -2.71. The third-order valence-corrected chi connectivity index (χ3v) is 9.59. The molecule has 0 bridgehead atoms.